The molecule has 0 aromatic rings. The molecule has 12 heavy (non-hydrogen) atoms. The van der Waals surface area contributed by atoms with Gasteiger partial charge in [0, 0.05) is 17.1 Å². The van der Waals surface area contributed by atoms with E-state index in [1.807, 2.05) is 6.08 Å². The molecule has 0 bridgehead atoms. The maximum atomic E-state index is 3.34. The van der Waals surface area contributed by atoms with E-state index in [9.17, 15) is 0 Å². The molecule has 0 aromatic carbocycles. The van der Waals surface area contributed by atoms with Crippen molar-refractivity contribution in [1.29, 1.82) is 0 Å². The van der Waals surface area contributed by atoms with Crippen LogP contribution in [0.3, 0.4) is 0 Å². The van der Waals surface area contributed by atoms with Crippen molar-refractivity contribution in [1.82, 2.24) is 0 Å². The van der Waals surface area contributed by atoms with Crippen LogP contribution in [0.1, 0.15) is 12.8 Å². The van der Waals surface area contributed by atoms with E-state index < -0.39 is 0 Å². The SMILES string of the molecule is BrC1=CC=CC1.C1=CCC=C1.[Fe]. The van der Waals surface area contributed by atoms with E-state index in [1.54, 1.807) is 0 Å². The first-order chi connectivity index (χ1) is 5.39. The van der Waals surface area contributed by atoms with E-state index in [4.69, 9.17) is 0 Å². The molecule has 0 nitrogen and oxygen atoms in total. The van der Waals surface area contributed by atoms with E-state index in [0.29, 0.717) is 0 Å². The minimum Gasteiger partial charge on any atom is -0.0808 e. The van der Waals surface area contributed by atoms with Crippen LogP contribution in [0.5, 0.6) is 0 Å². The molecule has 0 aliphatic heterocycles. The van der Waals surface area contributed by atoms with Gasteiger partial charge in [0.15, 0.2) is 0 Å². The first-order valence-electron chi connectivity index (χ1n) is 3.72. The van der Waals surface area contributed by atoms with E-state index in [-0.39, 0.29) is 17.1 Å². The summed E-state index contributed by atoms with van der Waals surface area (Å²) in [5, 5.41) is 0. The van der Waals surface area contributed by atoms with Gasteiger partial charge in [-0.2, -0.15) is 0 Å². The molecule has 0 amide bonds. The molecule has 2 aliphatic rings. The van der Waals surface area contributed by atoms with Crippen molar-refractivity contribution in [2.24, 2.45) is 0 Å². The molecular weight excluding hydrogens is 256 g/mol. The van der Waals surface area contributed by atoms with Crippen molar-refractivity contribution in [3.63, 3.8) is 0 Å². The monoisotopic (exact) mass is 266 g/mol. The predicted octanol–water partition coefficient (Wildman–Crippen LogP) is 3.73. The molecule has 0 fully saturated rings. The number of rotatable bonds is 0. The summed E-state index contributed by atoms with van der Waals surface area (Å²) in [4.78, 5) is 0. The van der Waals surface area contributed by atoms with Crippen LogP contribution in [0.15, 0.2) is 47.0 Å². The molecule has 0 aromatic heterocycles. The van der Waals surface area contributed by atoms with Gasteiger partial charge in [-0.1, -0.05) is 58.5 Å². The van der Waals surface area contributed by atoms with Crippen molar-refractivity contribution in [3.05, 3.63) is 47.0 Å². The van der Waals surface area contributed by atoms with Gasteiger partial charge in [-0.05, 0) is 17.3 Å². The van der Waals surface area contributed by atoms with Gasteiger partial charge >= 0.3 is 0 Å². The Labute approximate surface area is 92.7 Å². The molecule has 66 valence electrons. The fraction of sp³-hybridized carbons (Fsp3) is 0.200. The Morgan fingerprint density at radius 2 is 1.67 bits per heavy atom. The maximum Gasteiger partial charge on any atom is 0 e. The van der Waals surface area contributed by atoms with Gasteiger partial charge < -0.3 is 0 Å². The summed E-state index contributed by atoms with van der Waals surface area (Å²) >= 11 is 3.34. The zero-order valence-electron chi connectivity index (χ0n) is 6.69. The molecule has 0 saturated heterocycles. The Bertz CT molecular complexity index is 214. The Kier molecular flexibility index (Phi) is 7.57. The van der Waals surface area contributed by atoms with Crippen molar-refractivity contribution in [2.75, 3.05) is 0 Å². The van der Waals surface area contributed by atoms with Crippen LogP contribution in [-0.4, -0.2) is 0 Å². The summed E-state index contributed by atoms with van der Waals surface area (Å²) in [7, 11) is 0. The zero-order valence-corrected chi connectivity index (χ0v) is 9.38. The number of hydrogen-bond acceptors (Lipinski definition) is 0. The van der Waals surface area contributed by atoms with Crippen molar-refractivity contribution < 1.29 is 17.1 Å². The van der Waals surface area contributed by atoms with Crippen LogP contribution in [0.25, 0.3) is 0 Å². The molecular formula is C10H11BrFe. The first-order valence-corrected chi connectivity index (χ1v) is 4.52. The normalized spacial score (nSPS) is 16.6. The van der Waals surface area contributed by atoms with Gasteiger partial charge in [0.1, 0.15) is 0 Å². The van der Waals surface area contributed by atoms with Crippen LogP contribution < -0.4 is 0 Å². The molecule has 0 N–H and O–H groups in total. The molecule has 0 radical (unpaired) electrons. The molecule has 0 unspecified atom stereocenters. The maximum absolute atomic E-state index is 3.34. The standard InChI is InChI=1S/C5H5Br.C5H6.Fe/c6-5-3-1-2-4-5;1-2-4-5-3-1;/h1-3H,4H2;1-4H,5H2;. The van der Waals surface area contributed by atoms with Crippen molar-refractivity contribution in [2.45, 2.75) is 12.8 Å². The van der Waals surface area contributed by atoms with Gasteiger partial charge in [-0.15, -0.1) is 0 Å². The minimum absolute atomic E-state index is 0. The molecule has 2 rings (SSSR count). The van der Waals surface area contributed by atoms with Crippen molar-refractivity contribution >= 4 is 15.9 Å². The Morgan fingerprint density at radius 1 is 1.00 bits per heavy atom. The van der Waals surface area contributed by atoms with Gasteiger partial charge in [0.2, 0.25) is 0 Å². The summed E-state index contributed by atoms with van der Waals surface area (Å²) in [6.07, 6.45) is 16.8. The third kappa shape index (κ3) is 5.59. The second-order valence-corrected chi connectivity index (χ2v) is 3.36. The van der Waals surface area contributed by atoms with E-state index in [1.165, 1.54) is 4.48 Å². The van der Waals surface area contributed by atoms with Crippen LogP contribution in [0.2, 0.25) is 0 Å². The third-order valence-electron chi connectivity index (χ3n) is 1.38. The third-order valence-corrected chi connectivity index (χ3v) is 1.97. The van der Waals surface area contributed by atoms with Gasteiger partial charge in [0.25, 0.3) is 0 Å². The molecule has 0 heterocycles. The van der Waals surface area contributed by atoms with E-state index in [0.717, 1.165) is 12.8 Å². The first kappa shape index (κ1) is 12.0. The summed E-state index contributed by atoms with van der Waals surface area (Å²) in [6, 6.07) is 0. The van der Waals surface area contributed by atoms with Gasteiger partial charge in [-0.3, -0.25) is 0 Å². The van der Waals surface area contributed by atoms with E-state index >= 15 is 0 Å². The quantitative estimate of drug-likeness (QED) is 0.586. The number of halogens is 1. The topological polar surface area (TPSA) is 0 Å². The molecule has 0 spiro atoms. The number of allylic oxidation sites excluding steroid dienone is 8. The van der Waals surface area contributed by atoms with Crippen LogP contribution in [0, 0.1) is 0 Å². The second kappa shape index (κ2) is 7.60. The summed E-state index contributed by atoms with van der Waals surface area (Å²) in [5.41, 5.74) is 0. The average Bonchev–Trinajstić information content (AvgIpc) is 2.57. The summed E-state index contributed by atoms with van der Waals surface area (Å²) in [6.45, 7) is 0. The Hall–Kier alpha value is -0.0405. The molecule has 0 atom stereocenters. The number of hydrogen-bond donors (Lipinski definition) is 0. The molecule has 2 aliphatic carbocycles. The second-order valence-electron chi connectivity index (χ2n) is 2.34. The fourth-order valence-electron chi connectivity index (χ4n) is 0.814. The molecule has 0 saturated carbocycles. The van der Waals surface area contributed by atoms with E-state index in [2.05, 4.69) is 52.4 Å². The average molecular weight is 267 g/mol. The summed E-state index contributed by atoms with van der Waals surface area (Å²) in [5.74, 6) is 0. The largest absolute Gasteiger partial charge is 0.0808 e. The zero-order chi connectivity index (χ0) is 7.94. The predicted molar refractivity (Wildman–Crippen MR) is 53.7 cm³/mol. The minimum atomic E-state index is 0. The molecule has 2 heteroatoms. The fourth-order valence-corrected chi connectivity index (χ4v) is 1.15. The van der Waals surface area contributed by atoms with Crippen LogP contribution in [-0.2, 0) is 17.1 Å². The van der Waals surface area contributed by atoms with Crippen LogP contribution in [0.4, 0.5) is 0 Å². The van der Waals surface area contributed by atoms with Crippen LogP contribution >= 0.6 is 15.9 Å². The Morgan fingerprint density at radius 3 is 1.83 bits per heavy atom. The Balaban J connectivity index is 0.000000189. The summed E-state index contributed by atoms with van der Waals surface area (Å²) < 4.78 is 1.28. The van der Waals surface area contributed by atoms with Gasteiger partial charge in [-0.25, -0.2) is 0 Å². The van der Waals surface area contributed by atoms with Crippen molar-refractivity contribution in [3.8, 4) is 0 Å². The smallest absolute Gasteiger partial charge is 0 e. The van der Waals surface area contributed by atoms with Gasteiger partial charge in [0.05, 0.1) is 0 Å².